The Morgan fingerprint density at radius 2 is 2.27 bits per heavy atom. The van der Waals surface area contributed by atoms with Gasteiger partial charge in [-0.05, 0) is 0 Å². The molecule has 2 aliphatic rings. The van der Waals surface area contributed by atoms with Gasteiger partial charge in [-0.2, -0.15) is 0 Å². The summed E-state index contributed by atoms with van der Waals surface area (Å²) in [6.07, 6.45) is 1.58. The van der Waals surface area contributed by atoms with Crippen molar-refractivity contribution in [1.82, 2.24) is 0 Å². The minimum atomic E-state index is -0.843. The van der Waals surface area contributed by atoms with Crippen LogP contribution in [0.2, 0.25) is 17.7 Å². The number of hydrogen-bond acceptors (Lipinski definition) is 0. The molecule has 0 N–H and O–H groups in total. The van der Waals surface area contributed by atoms with Crippen LogP contribution in [0.1, 0.15) is 18.9 Å². The third-order valence-electron chi connectivity index (χ3n) is 4.00. The third-order valence-corrected chi connectivity index (χ3v) is 17.9. The summed E-state index contributed by atoms with van der Waals surface area (Å²) >= 11 is -1.20. The van der Waals surface area contributed by atoms with Crippen LogP contribution in [0, 0.1) is 0 Å². The summed E-state index contributed by atoms with van der Waals surface area (Å²) < 4.78 is 3.51. The molecule has 2 aliphatic heterocycles. The normalized spacial score (nSPS) is 28.9. The summed E-state index contributed by atoms with van der Waals surface area (Å²) in [4.78, 5) is 4.98. The van der Waals surface area contributed by atoms with Crippen LogP contribution >= 0.6 is 0 Å². The molecule has 2 heteroatoms. The van der Waals surface area contributed by atoms with E-state index in [0.717, 1.165) is 5.41 Å². The molecule has 1 fully saturated rings. The molecular formula is C13H17WY. The van der Waals surface area contributed by atoms with Gasteiger partial charge in [-0.15, -0.1) is 0 Å². The molecule has 15 heavy (non-hydrogen) atoms. The predicted molar refractivity (Wildman–Crippen MR) is 57.3 cm³/mol. The first-order chi connectivity index (χ1) is 7.34. The maximum atomic E-state index is 2.47. The van der Waals surface area contributed by atoms with Gasteiger partial charge in [-0.3, -0.25) is 0 Å². The van der Waals surface area contributed by atoms with Crippen LogP contribution in [-0.4, -0.2) is 0 Å². The summed E-state index contributed by atoms with van der Waals surface area (Å²) in [6.45, 7) is 2.45. The van der Waals surface area contributed by atoms with E-state index in [0.29, 0.717) is 0 Å². The van der Waals surface area contributed by atoms with E-state index < -0.39 is 17.3 Å². The van der Waals surface area contributed by atoms with Crippen molar-refractivity contribution >= 4 is 2.37 Å². The molecule has 78 valence electrons. The van der Waals surface area contributed by atoms with E-state index in [-0.39, 0.29) is 29.2 Å². The Bertz CT molecular complexity index is 377. The number of fused-ring (bicyclic) bond motifs is 2. The van der Waals surface area contributed by atoms with Crippen LogP contribution in [0.5, 0.6) is 0 Å². The van der Waals surface area contributed by atoms with Gasteiger partial charge in [0.25, 0.3) is 0 Å². The fourth-order valence-electron chi connectivity index (χ4n) is 3.07. The molecule has 0 aromatic heterocycles. The van der Waals surface area contributed by atoms with Crippen LogP contribution < -0.4 is 2.37 Å². The second-order valence-electron chi connectivity index (χ2n) is 4.78. The van der Waals surface area contributed by atoms with Gasteiger partial charge in [0.1, 0.15) is 0 Å². The number of rotatable bonds is 1. The predicted octanol–water partition coefficient (Wildman–Crippen LogP) is 3.36. The van der Waals surface area contributed by atoms with Gasteiger partial charge >= 0.3 is 115 Å². The van der Waals surface area contributed by atoms with Gasteiger partial charge in [0.2, 0.25) is 0 Å². The number of benzene rings is 1. The zero-order chi connectivity index (χ0) is 10.3. The summed E-state index contributed by atoms with van der Waals surface area (Å²) in [6, 6.07) is 9.45. The SMILES string of the molecule is C[CH2][W]1[CH2]CC2([CH2][Y][c]3ccccc32)[CH2]1. The topological polar surface area (TPSA) is 0 Å². The Morgan fingerprint density at radius 1 is 1.40 bits per heavy atom. The minimum absolute atomic E-state index is 0.354. The van der Waals surface area contributed by atoms with Crippen molar-refractivity contribution in [3.63, 3.8) is 0 Å². The fraction of sp³-hybridized carbons (Fsp3) is 0.538. The fourth-order valence-corrected chi connectivity index (χ4v) is 19.2. The molecule has 0 aliphatic carbocycles. The van der Waals surface area contributed by atoms with Crippen LogP contribution in [0.25, 0.3) is 0 Å². The average Bonchev–Trinajstić information content (AvgIpc) is 2.86. The van der Waals surface area contributed by atoms with E-state index in [9.17, 15) is 0 Å². The van der Waals surface area contributed by atoms with Crippen molar-refractivity contribution < 1.29 is 46.5 Å². The van der Waals surface area contributed by atoms with Gasteiger partial charge in [-0.1, -0.05) is 0 Å². The van der Waals surface area contributed by atoms with Crippen LogP contribution in [0.3, 0.4) is 0 Å². The third kappa shape index (κ3) is 1.86. The van der Waals surface area contributed by atoms with E-state index >= 15 is 0 Å². The van der Waals surface area contributed by atoms with E-state index in [1.807, 2.05) is 7.94 Å². The molecule has 0 bridgehead atoms. The quantitative estimate of drug-likeness (QED) is 0.621. The van der Waals surface area contributed by atoms with Crippen LogP contribution in [0.15, 0.2) is 24.3 Å². The molecule has 1 saturated heterocycles. The Kier molecular flexibility index (Phi) is 3.23. The Labute approximate surface area is 114 Å². The van der Waals surface area contributed by atoms with Crippen molar-refractivity contribution in [3.05, 3.63) is 29.8 Å². The Morgan fingerprint density at radius 3 is 3.07 bits per heavy atom. The van der Waals surface area contributed by atoms with E-state index in [1.54, 1.807) is 24.1 Å². The second kappa shape index (κ2) is 4.36. The summed E-state index contributed by atoms with van der Waals surface area (Å²) in [5.74, 6) is 0. The van der Waals surface area contributed by atoms with Gasteiger partial charge in [0.15, 0.2) is 0 Å². The molecule has 1 atom stereocenters. The second-order valence-corrected chi connectivity index (χ2v) is 17.3. The first kappa shape index (κ1) is 11.1. The molecule has 0 nitrogen and oxygen atoms in total. The van der Waals surface area contributed by atoms with E-state index in [4.69, 9.17) is 0 Å². The number of hydrogen-bond donors (Lipinski definition) is 0. The van der Waals surface area contributed by atoms with E-state index in [2.05, 4.69) is 31.2 Å². The molecule has 1 aromatic rings. The molecule has 0 amide bonds. The maximum absolute atomic E-state index is 2.47. The van der Waals surface area contributed by atoms with Gasteiger partial charge in [-0.25, -0.2) is 0 Å². The molecule has 1 unspecified atom stereocenters. The summed E-state index contributed by atoms with van der Waals surface area (Å²) in [5.41, 5.74) is 2.59. The van der Waals surface area contributed by atoms with Crippen LogP contribution in [0.4, 0.5) is 0 Å². The molecule has 2 heterocycles. The van der Waals surface area contributed by atoms with Gasteiger partial charge < -0.3 is 0 Å². The summed E-state index contributed by atoms with van der Waals surface area (Å²) in [5, 5.41) is 0. The Hall–Kier alpha value is 1.01. The van der Waals surface area contributed by atoms with Crippen molar-refractivity contribution in [1.29, 1.82) is 0 Å². The first-order valence-electron chi connectivity index (χ1n) is 5.91. The molecule has 1 aromatic carbocycles. The zero-order valence-electron chi connectivity index (χ0n) is 9.33. The molecule has 3 rings (SSSR count). The standard InChI is InChI=1S/C11H12.C2H5.W.Y/c1-4-11(2,3)10-8-6-5-7-9-10;1-2;;/h5-8H,1-4H2;1H2,2H3;;. The van der Waals surface area contributed by atoms with Crippen LogP contribution in [-0.2, 0) is 51.9 Å². The van der Waals surface area contributed by atoms with Crippen molar-refractivity contribution in [2.24, 2.45) is 0 Å². The van der Waals surface area contributed by atoms with Crippen molar-refractivity contribution in [2.75, 3.05) is 0 Å². The van der Waals surface area contributed by atoms with Gasteiger partial charge in [0, 0.05) is 0 Å². The first-order valence-corrected chi connectivity index (χ1v) is 15.6. The van der Waals surface area contributed by atoms with Crippen molar-refractivity contribution in [3.8, 4) is 0 Å². The van der Waals surface area contributed by atoms with Gasteiger partial charge in [0.05, 0.1) is 0 Å². The molecular weight excluding hydrogens is 429 g/mol. The Balaban J connectivity index is 1.96. The average molecular weight is 446 g/mol. The molecule has 0 radical (unpaired) electrons. The van der Waals surface area contributed by atoms with Crippen molar-refractivity contribution in [2.45, 2.75) is 36.4 Å². The summed E-state index contributed by atoms with van der Waals surface area (Å²) in [7, 11) is 0. The zero-order valence-corrected chi connectivity index (χ0v) is 15.1. The molecule has 1 spiro atoms. The molecule has 0 saturated carbocycles. The monoisotopic (exact) mass is 446 g/mol. The van der Waals surface area contributed by atoms with E-state index in [1.165, 1.54) is 0 Å².